The Morgan fingerprint density at radius 2 is 1.95 bits per heavy atom. The lowest BCUT2D eigenvalue weighted by molar-refractivity contribution is -0.385. The van der Waals surface area contributed by atoms with Crippen LogP contribution in [0.15, 0.2) is 23.1 Å². The van der Waals surface area contributed by atoms with E-state index in [2.05, 4.69) is 4.72 Å². The van der Waals surface area contributed by atoms with Crippen LogP contribution in [0.25, 0.3) is 0 Å². The predicted octanol–water partition coefficient (Wildman–Crippen LogP) is 1.75. The molecule has 7 nitrogen and oxygen atoms in total. The van der Waals surface area contributed by atoms with Gasteiger partial charge in [-0.3, -0.25) is 10.1 Å². The van der Waals surface area contributed by atoms with Crippen LogP contribution < -0.4 is 10.5 Å². The summed E-state index contributed by atoms with van der Waals surface area (Å²) >= 11 is 0. The fraction of sp³-hybridized carbons (Fsp3) is 0.500. The second-order valence-electron chi connectivity index (χ2n) is 5.05. The second kappa shape index (κ2) is 6.19. The Bertz CT molecular complexity index is 599. The molecular formula is C12H19N3O4S. The van der Waals surface area contributed by atoms with Crippen LogP contribution in [0.2, 0.25) is 0 Å². The van der Waals surface area contributed by atoms with Crippen LogP contribution in [0, 0.1) is 22.0 Å². The molecule has 0 amide bonds. The van der Waals surface area contributed by atoms with E-state index in [0.717, 1.165) is 6.07 Å². The molecule has 0 heterocycles. The third-order valence-corrected chi connectivity index (χ3v) is 4.71. The van der Waals surface area contributed by atoms with Crippen molar-refractivity contribution in [3.05, 3.63) is 28.3 Å². The summed E-state index contributed by atoms with van der Waals surface area (Å²) in [5, 5.41) is 10.7. The summed E-state index contributed by atoms with van der Waals surface area (Å²) in [4.78, 5) is 9.78. The molecule has 1 unspecified atom stereocenters. The van der Waals surface area contributed by atoms with Gasteiger partial charge in [-0.15, -0.1) is 0 Å². The normalized spacial score (nSPS) is 13.4. The van der Waals surface area contributed by atoms with Gasteiger partial charge in [0.05, 0.1) is 10.6 Å². The van der Waals surface area contributed by atoms with Gasteiger partial charge in [0.25, 0.3) is 5.69 Å². The fourth-order valence-corrected chi connectivity index (χ4v) is 2.72. The van der Waals surface area contributed by atoms with Gasteiger partial charge in [0, 0.05) is 18.7 Å². The van der Waals surface area contributed by atoms with Crippen molar-refractivity contribution in [2.75, 3.05) is 12.3 Å². The molecule has 0 saturated carbocycles. The highest BCUT2D eigenvalue weighted by Gasteiger charge is 2.22. The molecule has 0 aliphatic rings. The topological polar surface area (TPSA) is 115 Å². The number of nitrogens with one attached hydrogen (secondary N) is 1. The molecule has 1 atom stereocenters. The van der Waals surface area contributed by atoms with E-state index in [1.165, 1.54) is 12.1 Å². The van der Waals surface area contributed by atoms with Crippen molar-refractivity contribution in [2.24, 2.45) is 11.8 Å². The van der Waals surface area contributed by atoms with E-state index in [1.54, 1.807) is 0 Å². The van der Waals surface area contributed by atoms with Crippen molar-refractivity contribution in [2.45, 2.75) is 25.7 Å². The van der Waals surface area contributed by atoms with Crippen molar-refractivity contribution in [1.82, 2.24) is 4.72 Å². The van der Waals surface area contributed by atoms with Crippen LogP contribution in [-0.4, -0.2) is 19.9 Å². The number of hydrogen-bond donors (Lipinski definition) is 2. The van der Waals surface area contributed by atoms with Crippen LogP contribution in [0.4, 0.5) is 11.4 Å². The number of nitro benzene ring substituents is 1. The number of hydrogen-bond acceptors (Lipinski definition) is 5. The van der Waals surface area contributed by atoms with Crippen LogP contribution in [0.1, 0.15) is 20.8 Å². The van der Waals surface area contributed by atoms with Gasteiger partial charge in [0.15, 0.2) is 0 Å². The number of nitrogens with zero attached hydrogens (tertiary/aromatic N) is 1. The van der Waals surface area contributed by atoms with E-state index in [4.69, 9.17) is 5.73 Å². The summed E-state index contributed by atoms with van der Waals surface area (Å²) in [6, 6.07) is 3.36. The quantitative estimate of drug-likeness (QED) is 0.472. The Balaban J connectivity index is 3.03. The average Bonchev–Trinajstić information content (AvgIpc) is 2.35. The SMILES string of the molecule is CC(C)C(C)CNS(=O)(=O)c1cc([N+](=O)[O-])ccc1N. The van der Waals surface area contributed by atoms with E-state index in [-0.39, 0.29) is 28.7 Å². The van der Waals surface area contributed by atoms with E-state index < -0.39 is 14.9 Å². The minimum Gasteiger partial charge on any atom is -0.398 e. The summed E-state index contributed by atoms with van der Waals surface area (Å²) in [7, 11) is -3.85. The lowest BCUT2D eigenvalue weighted by atomic mass is 9.99. The summed E-state index contributed by atoms with van der Waals surface area (Å²) in [5.41, 5.74) is 5.28. The molecule has 20 heavy (non-hydrogen) atoms. The highest BCUT2D eigenvalue weighted by molar-refractivity contribution is 7.89. The van der Waals surface area contributed by atoms with Gasteiger partial charge in [0.1, 0.15) is 4.90 Å². The molecule has 1 aromatic rings. The number of sulfonamides is 1. The number of rotatable bonds is 6. The molecule has 0 spiro atoms. The van der Waals surface area contributed by atoms with Gasteiger partial charge in [-0.1, -0.05) is 20.8 Å². The molecule has 0 radical (unpaired) electrons. The molecule has 112 valence electrons. The monoisotopic (exact) mass is 301 g/mol. The first kappa shape index (κ1) is 16.4. The summed E-state index contributed by atoms with van der Waals surface area (Å²) in [5.74, 6) is 0.463. The van der Waals surface area contributed by atoms with E-state index in [1.807, 2.05) is 20.8 Å². The summed E-state index contributed by atoms with van der Waals surface area (Å²) < 4.78 is 26.7. The van der Waals surface area contributed by atoms with Crippen LogP contribution in [-0.2, 0) is 10.0 Å². The molecular weight excluding hydrogens is 282 g/mol. The minimum atomic E-state index is -3.85. The maximum Gasteiger partial charge on any atom is 0.270 e. The third kappa shape index (κ3) is 3.91. The zero-order valence-corrected chi connectivity index (χ0v) is 12.5. The smallest absolute Gasteiger partial charge is 0.270 e. The molecule has 1 aromatic carbocycles. The van der Waals surface area contributed by atoms with Crippen molar-refractivity contribution in [3.63, 3.8) is 0 Å². The third-order valence-electron chi connectivity index (χ3n) is 3.23. The Morgan fingerprint density at radius 1 is 1.35 bits per heavy atom. The molecule has 3 N–H and O–H groups in total. The van der Waals surface area contributed by atoms with E-state index in [0.29, 0.717) is 5.92 Å². The Kier molecular flexibility index (Phi) is 5.07. The fourth-order valence-electron chi connectivity index (χ4n) is 1.42. The van der Waals surface area contributed by atoms with Gasteiger partial charge in [-0.2, -0.15) is 0 Å². The standard InChI is InChI=1S/C12H19N3O4S/c1-8(2)9(3)7-14-20(18,19)12-6-10(15(16)17)4-5-11(12)13/h4-6,8-9,14H,7,13H2,1-3H3. The van der Waals surface area contributed by atoms with Crippen molar-refractivity contribution in [1.29, 1.82) is 0 Å². The molecule has 1 rings (SSSR count). The minimum absolute atomic E-state index is 0.0136. The largest absolute Gasteiger partial charge is 0.398 e. The van der Waals surface area contributed by atoms with Crippen molar-refractivity contribution < 1.29 is 13.3 Å². The lowest BCUT2D eigenvalue weighted by Gasteiger charge is -2.16. The number of nitrogens with two attached hydrogens (primary N) is 1. The first-order valence-electron chi connectivity index (χ1n) is 6.18. The van der Waals surface area contributed by atoms with Crippen molar-refractivity contribution in [3.8, 4) is 0 Å². The molecule has 8 heteroatoms. The molecule has 0 bridgehead atoms. The maximum atomic E-state index is 12.1. The average molecular weight is 301 g/mol. The van der Waals surface area contributed by atoms with Crippen LogP contribution >= 0.6 is 0 Å². The number of nitro groups is 1. The van der Waals surface area contributed by atoms with Crippen LogP contribution in [0.3, 0.4) is 0 Å². The number of benzene rings is 1. The Labute approximate surface area is 118 Å². The zero-order chi connectivity index (χ0) is 15.5. The van der Waals surface area contributed by atoms with Gasteiger partial charge >= 0.3 is 0 Å². The molecule has 0 saturated heterocycles. The van der Waals surface area contributed by atoms with Gasteiger partial charge in [0.2, 0.25) is 10.0 Å². The van der Waals surface area contributed by atoms with Gasteiger partial charge in [-0.05, 0) is 17.9 Å². The molecule has 0 aliphatic carbocycles. The van der Waals surface area contributed by atoms with E-state index >= 15 is 0 Å². The summed E-state index contributed by atoms with van der Waals surface area (Å²) in [6.07, 6.45) is 0. The number of nitrogen functional groups attached to an aromatic ring is 1. The zero-order valence-electron chi connectivity index (χ0n) is 11.7. The Morgan fingerprint density at radius 3 is 2.45 bits per heavy atom. The van der Waals surface area contributed by atoms with Gasteiger partial charge in [-0.25, -0.2) is 13.1 Å². The van der Waals surface area contributed by atoms with Gasteiger partial charge < -0.3 is 5.73 Å². The lowest BCUT2D eigenvalue weighted by Crippen LogP contribution is -2.30. The highest BCUT2D eigenvalue weighted by atomic mass is 32.2. The van der Waals surface area contributed by atoms with E-state index in [9.17, 15) is 18.5 Å². The first-order chi connectivity index (χ1) is 9.15. The predicted molar refractivity (Wildman–Crippen MR) is 76.7 cm³/mol. The number of anilines is 1. The first-order valence-corrected chi connectivity index (χ1v) is 7.67. The molecule has 0 fully saturated rings. The van der Waals surface area contributed by atoms with Crippen LogP contribution in [0.5, 0.6) is 0 Å². The number of non-ortho nitro benzene ring substituents is 1. The highest BCUT2D eigenvalue weighted by Crippen LogP contribution is 2.24. The van der Waals surface area contributed by atoms with Crippen molar-refractivity contribution >= 4 is 21.4 Å². The summed E-state index contributed by atoms with van der Waals surface area (Å²) in [6.45, 7) is 6.15. The maximum absolute atomic E-state index is 12.1. The molecule has 0 aromatic heterocycles. The second-order valence-corrected chi connectivity index (χ2v) is 6.79. The Hall–Kier alpha value is -1.67. The molecule has 0 aliphatic heterocycles.